The number of carbonyl (C=O) groups excluding carboxylic acids is 1. The molecular formula is C15H23BN2O5S. The molecule has 0 bridgehead atoms. The molecule has 0 atom stereocenters. The largest absolute Gasteiger partial charge is 0.492 e. The Morgan fingerprint density at radius 2 is 1.96 bits per heavy atom. The summed E-state index contributed by atoms with van der Waals surface area (Å²) in [6, 6.07) is 0. The van der Waals surface area contributed by atoms with Crippen molar-refractivity contribution in [2.75, 3.05) is 18.9 Å². The van der Waals surface area contributed by atoms with Crippen molar-refractivity contribution in [3.63, 3.8) is 0 Å². The van der Waals surface area contributed by atoms with E-state index in [2.05, 4.69) is 4.98 Å². The molecule has 0 amide bonds. The first-order chi connectivity index (χ1) is 11.1. The van der Waals surface area contributed by atoms with Gasteiger partial charge in [-0.15, -0.1) is 0 Å². The summed E-state index contributed by atoms with van der Waals surface area (Å²) in [6.07, 6.45) is 1.63. The fraction of sp³-hybridized carbons (Fsp3) is 0.600. The smallest absolute Gasteiger partial charge is 0.461 e. The van der Waals surface area contributed by atoms with Crippen molar-refractivity contribution in [1.82, 2.24) is 4.98 Å². The van der Waals surface area contributed by atoms with Gasteiger partial charge in [0.1, 0.15) is 0 Å². The van der Waals surface area contributed by atoms with Gasteiger partial charge < -0.3 is 24.9 Å². The number of hydrogen-bond acceptors (Lipinski definition) is 8. The number of hydrogen-bond donors (Lipinski definition) is 2. The minimum absolute atomic E-state index is 0.127. The summed E-state index contributed by atoms with van der Waals surface area (Å²) < 4.78 is 16.8. The van der Waals surface area contributed by atoms with Gasteiger partial charge in [0.15, 0.2) is 10.8 Å². The van der Waals surface area contributed by atoms with Crippen molar-refractivity contribution in [3.05, 3.63) is 16.0 Å². The molecule has 1 aliphatic rings. The summed E-state index contributed by atoms with van der Waals surface area (Å²) in [5, 5.41) is 9.98. The number of ether oxygens (including phenoxy) is 1. The highest BCUT2D eigenvalue weighted by Gasteiger charge is 2.52. The predicted octanol–water partition coefficient (Wildman–Crippen LogP) is 1.91. The van der Waals surface area contributed by atoms with E-state index in [1.165, 1.54) is 0 Å². The van der Waals surface area contributed by atoms with E-state index in [-0.39, 0.29) is 24.0 Å². The minimum atomic E-state index is -0.710. The first-order valence-corrected chi connectivity index (χ1v) is 8.53. The van der Waals surface area contributed by atoms with E-state index in [9.17, 15) is 9.90 Å². The van der Waals surface area contributed by atoms with Crippen molar-refractivity contribution in [3.8, 4) is 0 Å². The van der Waals surface area contributed by atoms with Crippen LogP contribution in [0, 0.1) is 0 Å². The Balaban J connectivity index is 2.34. The van der Waals surface area contributed by atoms with Crippen molar-refractivity contribution < 1.29 is 23.9 Å². The maximum Gasteiger partial charge on any atom is 0.492 e. The lowest BCUT2D eigenvalue weighted by atomic mass is 9.78. The Kier molecular flexibility index (Phi) is 5.39. The minimum Gasteiger partial charge on any atom is -0.461 e. The van der Waals surface area contributed by atoms with Crippen molar-refractivity contribution in [2.24, 2.45) is 0 Å². The van der Waals surface area contributed by atoms with Gasteiger partial charge in [0, 0.05) is 0 Å². The molecule has 0 saturated carbocycles. The van der Waals surface area contributed by atoms with Crippen LogP contribution in [-0.2, 0) is 14.0 Å². The highest BCUT2D eigenvalue weighted by Crippen LogP contribution is 2.39. The summed E-state index contributed by atoms with van der Waals surface area (Å²) >= 11 is 1.14. The van der Waals surface area contributed by atoms with E-state index in [0.29, 0.717) is 10.3 Å². The molecule has 1 aliphatic heterocycles. The van der Waals surface area contributed by atoms with Crippen LogP contribution >= 0.6 is 11.3 Å². The van der Waals surface area contributed by atoms with Crippen LogP contribution in [0.3, 0.4) is 0 Å². The third-order valence-electron chi connectivity index (χ3n) is 4.19. The van der Waals surface area contributed by atoms with Gasteiger partial charge in [0.2, 0.25) is 0 Å². The first-order valence-electron chi connectivity index (χ1n) is 7.71. The van der Waals surface area contributed by atoms with Crippen LogP contribution in [0.4, 0.5) is 5.13 Å². The van der Waals surface area contributed by atoms with Crippen molar-refractivity contribution >= 4 is 35.6 Å². The number of aliphatic hydroxyl groups is 1. The number of aromatic nitrogens is 1. The number of thiazole rings is 1. The van der Waals surface area contributed by atoms with Crippen LogP contribution in [0.15, 0.2) is 5.47 Å². The number of nitrogens with two attached hydrogens (primary N) is 1. The first kappa shape index (κ1) is 18.9. The van der Waals surface area contributed by atoms with Gasteiger partial charge in [0.25, 0.3) is 0 Å². The number of carbonyl (C=O) groups is 1. The highest BCUT2D eigenvalue weighted by molar-refractivity contribution is 7.16. The third kappa shape index (κ3) is 3.64. The Bertz CT molecular complexity index is 640. The molecule has 1 saturated heterocycles. The Morgan fingerprint density at radius 1 is 1.38 bits per heavy atom. The van der Waals surface area contributed by atoms with Gasteiger partial charge in [-0.3, -0.25) is 0 Å². The second kappa shape index (κ2) is 6.83. The number of nitrogens with zero attached hydrogens (tertiary/aromatic N) is 1. The molecule has 2 rings (SSSR count). The second-order valence-corrected chi connectivity index (χ2v) is 7.51. The zero-order valence-electron chi connectivity index (χ0n) is 14.6. The molecule has 3 N–H and O–H groups in total. The van der Waals surface area contributed by atoms with Crippen LogP contribution < -0.4 is 5.73 Å². The summed E-state index contributed by atoms with van der Waals surface area (Å²) in [4.78, 5) is 16.5. The lowest BCUT2D eigenvalue weighted by Crippen LogP contribution is -2.41. The molecule has 0 unspecified atom stereocenters. The average Bonchev–Trinajstić information content (AvgIpc) is 2.93. The molecular weight excluding hydrogens is 331 g/mol. The lowest BCUT2D eigenvalue weighted by Gasteiger charge is -2.32. The lowest BCUT2D eigenvalue weighted by molar-refractivity contribution is 0.00578. The van der Waals surface area contributed by atoms with Crippen LogP contribution in [-0.4, -0.2) is 47.6 Å². The van der Waals surface area contributed by atoms with E-state index >= 15 is 0 Å². The van der Waals surface area contributed by atoms with Crippen LogP contribution in [0.1, 0.15) is 50.0 Å². The van der Waals surface area contributed by atoms with E-state index in [0.717, 1.165) is 11.3 Å². The van der Waals surface area contributed by atoms with Gasteiger partial charge >= 0.3 is 13.1 Å². The zero-order valence-corrected chi connectivity index (χ0v) is 15.4. The fourth-order valence-corrected chi connectivity index (χ4v) is 2.94. The van der Waals surface area contributed by atoms with E-state index in [1.807, 2.05) is 27.7 Å². The number of esters is 1. The van der Waals surface area contributed by atoms with Gasteiger partial charge in [-0.25, -0.2) is 9.78 Å². The molecule has 24 heavy (non-hydrogen) atoms. The summed E-state index contributed by atoms with van der Waals surface area (Å²) in [5.74, 6) is -0.553. The summed E-state index contributed by atoms with van der Waals surface area (Å²) in [6.45, 7) is 9.38. The van der Waals surface area contributed by atoms with Gasteiger partial charge in [-0.2, -0.15) is 0 Å². The van der Waals surface area contributed by atoms with Crippen molar-refractivity contribution in [2.45, 2.75) is 45.8 Å². The van der Waals surface area contributed by atoms with Gasteiger partial charge in [0.05, 0.1) is 29.3 Å². The SMILES string of the molecule is CCOC(=O)c1nc(N)sc1C=C(CO)B1OC(C)(C)C(C)(C)O1. The zero-order chi connectivity index (χ0) is 18.1. The Hall–Kier alpha value is -1.42. The maximum absolute atomic E-state index is 12.0. The molecule has 1 aromatic rings. The quantitative estimate of drug-likeness (QED) is 0.615. The molecule has 2 heterocycles. The number of anilines is 1. The predicted molar refractivity (Wildman–Crippen MR) is 93.6 cm³/mol. The van der Waals surface area contributed by atoms with Crippen molar-refractivity contribution in [1.29, 1.82) is 0 Å². The average molecular weight is 354 g/mol. The summed E-state index contributed by atoms with van der Waals surface area (Å²) in [5.41, 5.74) is 5.28. The van der Waals surface area contributed by atoms with Crippen LogP contribution in [0.5, 0.6) is 0 Å². The molecule has 1 aromatic heterocycles. The second-order valence-electron chi connectivity index (χ2n) is 6.45. The highest BCUT2D eigenvalue weighted by atomic mass is 32.1. The van der Waals surface area contributed by atoms with Crippen LogP contribution in [0.25, 0.3) is 6.08 Å². The Labute approximate surface area is 146 Å². The number of nitrogen functional groups attached to an aromatic ring is 1. The third-order valence-corrected chi connectivity index (χ3v) is 5.03. The summed E-state index contributed by atoms with van der Waals surface area (Å²) in [7, 11) is -0.710. The molecule has 1 fully saturated rings. The van der Waals surface area contributed by atoms with E-state index in [4.69, 9.17) is 19.8 Å². The monoisotopic (exact) mass is 354 g/mol. The molecule has 7 nitrogen and oxygen atoms in total. The maximum atomic E-state index is 12.0. The van der Waals surface area contributed by atoms with E-state index in [1.54, 1.807) is 13.0 Å². The fourth-order valence-electron chi connectivity index (χ4n) is 2.14. The molecule has 9 heteroatoms. The topological polar surface area (TPSA) is 104 Å². The van der Waals surface area contributed by atoms with Gasteiger partial charge in [-0.05, 0) is 46.2 Å². The van der Waals surface area contributed by atoms with Gasteiger partial charge in [-0.1, -0.05) is 11.3 Å². The Morgan fingerprint density at radius 3 is 2.46 bits per heavy atom. The van der Waals surface area contributed by atoms with Crippen LogP contribution in [0.2, 0.25) is 0 Å². The number of rotatable bonds is 5. The normalized spacial score (nSPS) is 19.6. The molecule has 0 radical (unpaired) electrons. The molecule has 132 valence electrons. The molecule has 0 aromatic carbocycles. The molecule has 0 aliphatic carbocycles. The standard InChI is InChI=1S/C15H23BN2O5S/c1-6-21-12(20)11-10(24-13(17)18-11)7-9(8-19)16-22-14(2,3)15(4,5)23-16/h7,19H,6,8H2,1-5H3,(H2,17,18). The molecule has 0 spiro atoms. The number of aliphatic hydroxyl groups excluding tert-OH is 1. The van der Waals surface area contributed by atoms with E-state index < -0.39 is 24.3 Å².